The average Bonchev–Trinajstić information content (AvgIpc) is 3.29. The molecule has 0 aromatic heterocycles. The highest BCUT2D eigenvalue weighted by Gasteiger charge is 2.19. The van der Waals surface area contributed by atoms with E-state index in [2.05, 4.69) is 81.5 Å². The Labute approximate surface area is 390 Å². The summed E-state index contributed by atoms with van der Waals surface area (Å²) < 4.78 is 16.7. The van der Waals surface area contributed by atoms with Crippen molar-refractivity contribution in [3.63, 3.8) is 0 Å². The normalized spacial score (nSPS) is 13.5. The van der Waals surface area contributed by atoms with Crippen molar-refractivity contribution in [3.05, 3.63) is 158 Å². The molecular weight excluding hydrogens is 793 g/mol. The quantitative estimate of drug-likeness (QED) is 0.0200. The molecule has 0 radical (unpaired) electrons. The van der Waals surface area contributed by atoms with Crippen molar-refractivity contribution in [2.45, 2.75) is 175 Å². The van der Waals surface area contributed by atoms with Gasteiger partial charge in [-0.25, -0.2) is 0 Å². The summed E-state index contributed by atoms with van der Waals surface area (Å²) in [6.45, 7) is 6.12. The van der Waals surface area contributed by atoms with E-state index in [1.54, 1.807) is 0 Å². The van der Waals surface area contributed by atoms with Crippen molar-refractivity contribution in [1.29, 1.82) is 0 Å². The second-order valence-electron chi connectivity index (χ2n) is 15.5. The maximum atomic E-state index is 12.8. The SMILES string of the molecule is CC/C=C/C=C/C=C/C=C/C=C/C=C/CCCCCC(=O)OCC(COC(=O)CCCCC/C=C/C=C/C=C/C=C/CC)OC(=O)CCCCCCCC/C=C/C/C=C/C/C=C/CC. The Balaban J connectivity index is 4.60. The van der Waals surface area contributed by atoms with Gasteiger partial charge in [-0.3, -0.25) is 14.4 Å². The summed E-state index contributed by atoms with van der Waals surface area (Å²) in [5.41, 5.74) is 0. The van der Waals surface area contributed by atoms with Gasteiger partial charge in [0, 0.05) is 19.3 Å². The van der Waals surface area contributed by atoms with Crippen LogP contribution in [0.3, 0.4) is 0 Å². The highest BCUT2D eigenvalue weighted by molar-refractivity contribution is 5.71. The second-order valence-corrected chi connectivity index (χ2v) is 15.5. The summed E-state index contributed by atoms with van der Waals surface area (Å²) in [5.74, 6) is -1.04. The highest BCUT2D eigenvalue weighted by Crippen LogP contribution is 2.12. The van der Waals surface area contributed by atoms with Gasteiger partial charge < -0.3 is 14.2 Å². The zero-order valence-corrected chi connectivity index (χ0v) is 40.2. The van der Waals surface area contributed by atoms with Crippen LogP contribution in [-0.4, -0.2) is 37.2 Å². The molecule has 0 N–H and O–H groups in total. The summed E-state index contributed by atoms with van der Waals surface area (Å²) in [5, 5.41) is 0. The van der Waals surface area contributed by atoms with E-state index in [1.165, 1.54) is 12.8 Å². The van der Waals surface area contributed by atoms with Gasteiger partial charge in [0.25, 0.3) is 0 Å². The van der Waals surface area contributed by atoms with Gasteiger partial charge in [0.2, 0.25) is 0 Å². The third-order valence-electron chi connectivity index (χ3n) is 9.51. The minimum absolute atomic E-state index is 0.127. The zero-order valence-electron chi connectivity index (χ0n) is 40.2. The third kappa shape index (κ3) is 48.1. The van der Waals surface area contributed by atoms with Crippen LogP contribution in [0.2, 0.25) is 0 Å². The van der Waals surface area contributed by atoms with E-state index < -0.39 is 6.10 Å². The fourth-order valence-corrected chi connectivity index (χ4v) is 5.91. The van der Waals surface area contributed by atoms with E-state index in [0.717, 1.165) is 109 Å². The molecule has 354 valence electrons. The molecule has 0 rings (SSSR count). The van der Waals surface area contributed by atoms with Gasteiger partial charge in [-0.2, -0.15) is 0 Å². The first-order valence-electron chi connectivity index (χ1n) is 24.6. The van der Waals surface area contributed by atoms with Crippen molar-refractivity contribution in [2.75, 3.05) is 13.2 Å². The lowest BCUT2D eigenvalue weighted by molar-refractivity contribution is -0.167. The predicted molar refractivity (Wildman–Crippen MR) is 274 cm³/mol. The molecule has 0 saturated carbocycles. The summed E-state index contributed by atoms with van der Waals surface area (Å²) in [6, 6.07) is 0. The van der Waals surface area contributed by atoms with Crippen LogP contribution >= 0.6 is 0 Å². The molecule has 0 aliphatic rings. The lowest BCUT2D eigenvalue weighted by Gasteiger charge is -2.18. The number of carbonyl (C=O) groups is 3. The fourth-order valence-electron chi connectivity index (χ4n) is 5.91. The number of unbranched alkanes of at least 4 members (excludes halogenated alkanes) is 12. The van der Waals surface area contributed by atoms with Gasteiger partial charge in [0.05, 0.1) is 0 Å². The van der Waals surface area contributed by atoms with Crippen molar-refractivity contribution < 1.29 is 28.6 Å². The number of rotatable bonds is 41. The Morgan fingerprint density at radius 3 is 1.08 bits per heavy atom. The van der Waals surface area contributed by atoms with Gasteiger partial charge in [-0.1, -0.05) is 217 Å². The summed E-state index contributed by atoms with van der Waals surface area (Å²) in [4.78, 5) is 37.9. The largest absolute Gasteiger partial charge is 0.462 e. The maximum absolute atomic E-state index is 12.8. The summed E-state index contributed by atoms with van der Waals surface area (Å²) in [6.07, 6.45) is 73.6. The maximum Gasteiger partial charge on any atom is 0.306 e. The number of carbonyl (C=O) groups excluding carboxylic acids is 3. The number of hydrogen-bond donors (Lipinski definition) is 0. The molecular formula is C58H86O6. The highest BCUT2D eigenvalue weighted by atomic mass is 16.6. The Hall–Kier alpha value is -4.97. The first kappa shape index (κ1) is 59.0. The molecule has 0 fully saturated rings. The van der Waals surface area contributed by atoms with Gasteiger partial charge in [-0.15, -0.1) is 0 Å². The lowest BCUT2D eigenvalue weighted by Crippen LogP contribution is -2.30. The van der Waals surface area contributed by atoms with Crippen LogP contribution < -0.4 is 0 Å². The molecule has 0 aromatic carbocycles. The van der Waals surface area contributed by atoms with E-state index >= 15 is 0 Å². The molecule has 0 amide bonds. The standard InChI is InChI=1S/C58H86O6/c1-4-7-10-13-16-19-22-25-27-29-31-33-36-39-42-45-48-51-57(60)63-54-55(53-62-56(59)50-47-44-41-38-35-32-24-21-18-15-12-9-6-3)64-58(61)52-49-46-43-40-37-34-30-28-26-23-20-17-14-11-8-5-2/h7-13,15-22,24-29,31-33,35-36,55H,4-6,14,23,30,34,37-54H2,1-3H3/b10-7+,11-8+,12-9+,16-13+,18-15+,20-17+,22-19+,24-21+,27-25+,28-26+,31-29+,35-32+,36-33+. The fraction of sp³-hybridized carbons (Fsp3) is 0.500. The van der Waals surface area contributed by atoms with Crippen LogP contribution in [0, 0.1) is 0 Å². The van der Waals surface area contributed by atoms with E-state index in [1.807, 2.05) is 97.2 Å². The Morgan fingerprint density at radius 2 is 0.641 bits per heavy atom. The minimum atomic E-state index is -0.827. The molecule has 64 heavy (non-hydrogen) atoms. The summed E-state index contributed by atoms with van der Waals surface area (Å²) in [7, 11) is 0. The number of ether oxygens (including phenoxy) is 3. The number of hydrogen-bond acceptors (Lipinski definition) is 6. The average molecular weight is 879 g/mol. The van der Waals surface area contributed by atoms with Gasteiger partial charge in [-0.05, 0) is 89.9 Å². The number of allylic oxidation sites excluding steroid dienone is 26. The van der Waals surface area contributed by atoms with Crippen LogP contribution in [0.4, 0.5) is 0 Å². The monoisotopic (exact) mass is 879 g/mol. The smallest absolute Gasteiger partial charge is 0.306 e. The molecule has 0 spiro atoms. The van der Waals surface area contributed by atoms with Crippen molar-refractivity contribution in [1.82, 2.24) is 0 Å². The number of esters is 3. The minimum Gasteiger partial charge on any atom is -0.462 e. The van der Waals surface area contributed by atoms with Crippen LogP contribution in [0.5, 0.6) is 0 Å². The first-order chi connectivity index (χ1) is 31.5. The van der Waals surface area contributed by atoms with Crippen molar-refractivity contribution >= 4 is 17.9 Å². The first-order valence-corrected chi connectivity index (χ1v) is 24.6. The molecule has 0 saturated heterocycles. The molecule has 0 aliphatic carbocycles. The topological polar surface area (TPSA) is 78.9 Å². The molecule has 0 aliphatic heterocycles. The Bertz CT molecular complexity index is 1520. The van der Waals surface area contributed by atoms with Crippen molar-refractivity contribution in [3.8, 4) is 0 Å². The van der Waals surface area contributed by atoms with E-state index in [9.17, 15) is 14.4 Å². The van der Waals surface area contributed by atoms with Crippen LogP contribution in [0.25, 0.3) is 0 Å². The van der Waals surface area contributed by atoms with Crippen molar-refractivity contribution in [2.24, 2.45) is 0 Å². The van der Waals surface area contributed by atoms with E-state index in [-0.39, 0.29) is 44.0 Å². The van der Waals surface area contributed by atoms with Crippen LogP contribution in [0.15, 0.2) is 158 Å². The molecule has 0 heterocycles. The lowest BCUT2D eigenvalue weighted by atomic mass is 10.1. The third-order valence-corrected chi connectivity index (χ3v) is 9.51. The van der Waals surface area contributed by atoms with Gasteiger partial charge in [0.15, 0.2) is 6.10 Å². The molecule has 0 bridgehead atoms. The van der Waals surface area contributed by atoms with Crippen LogP contribution in [-0.2, 0) is 28.6 Å². The molecule has 6 heteroatoms. The van der Waals surface area contributed by atoms with Gasteiger partial charge in [0.1, 0.15) is 13.2 Å². The predicted octanol–water partition coefficient (Wildman–Crippen LogP) is 16.2. The summed E-state index contributed by atoms with van der Waals surface area (Å²) >= 11 is 0. The molecule has 1 atom stereocenters. The molecule has 6 nitrogen and oxygen atoms in total. The Kier molecular flexibility index (Phi) is 46.7. The van der Waals surface area contributed by atoms with Gasteiger partial charge >= 0.3 is 17.9 Å². The zero-order chi connectivity index (χ0) is 46.5. The second kappa shape index (κ2) is 50.7. The van der Waals surface area contributed by atoms with E-state index in [0.29, 0.717) is 12.8 Å². The van der Waals surface area contributed by atoms with E-state index in [4.69, 9.17) is 14.2 Å². The molecule has 1 unspecified atom stereocenters. The van der Waals surface area contributed by atoms with Crippen LogP contribution in [0.1, 0.15) is 168 Å². The molecule has 0 aromatic rings. The Morgan fingerprint density at radius 1 is 0.328 bits per heavy atom.